The number of hydrogen-bond donors (Lipinski definition) is 2. The highest BCUT2D eigenvalue weighted by molar-refractivity contribution is 6.31. The maximum absolute atomic E-state index is 12.1. The van der Waals surface area contributed by atoms with Gasteiger partial charge < -0.3 is 10.6 Å². The topological polar surface area (TPSA) is 76.0 Å². The Bertz CT molecular complexity index is 712. The maximum atomic E-state index is 12.1. The van der Waals surface area contributed by atoms with Gasteiger partial charge in [-0.2, -0.15) is 5.10 Å². The highest BCUT2D eigenvalue weighted by atomic mass is 35.5. The fraction of sp³-hybridized carbons (Fsp3) is 0.353. The standard InChI is InChI=1S/C17H21ClN4O2/c1-12(2)16(23)19-7-8-20-17(24)14-9-21-22(11-14)10-13-5-3-4-6-15(13)18/h3-6,9,11-12H,7-8,10H2,1-2H3,(H,19,23)(H,20,24). The summed E-state index contributed by atoms with van der Waals surface area (Å²) in [6.45, 7) is 4.91. The van der Waals surface area contributed by atoms with Gasteiger partial charge in [0.2, 0.25) is 5.91 Å². The first kappa shape index (κ1) is 18.0. The van der Waals surface area contributed by atoms with Crippen LogP contribution in [-0.2, 0) is 11.3 Å². The highest BCUT2D eigenvalue weighted by Crippen LogP contribution is 2.16. The minimum atomic E-state index is -0.223. The normalized spacial score (nSPS) is 10.7. The van der Waals surface area contributed by atoms with Crippen LogP contribution in [0.4, 0.5) is 0 Å². The van der Waals surface area contributed by atoms with E-state index in [1.807, 2.05) is 38.1 Å². The van der Waals surface area contributed by atoms with Gasteiger partial charge in [0.05, 0.1) is 18.3 Å². The van der Waals surface area contributed by atoms with Crippen LogP contribution in [0.3, 0.4) is 0 Å². The number of rotatable bonds is 7. The lowest BCUT2D eigenvalue weighted by molar-refractivity contribution is -0.123. The molecule has 0 radical (unpaired) electrons. The minimum Gasteiger partial charge on any atom is -0.354 e. The monoisotopic (exact) mass is 348 g/mol. The fourth-order valence-electron chi connectivity index (χ4n) is 2.04. The van der Waals surface area contributed by atoms with Crippen molar-refractivity contribution in [2.45, 2.75) is 20.4 Å². The molecule has 0 atom stereocenters. The van der Waals surface area contributed by atoms with E-state index < -0.39 is 0 Å². The first-order valence-electron chi connectivity index (χ1n) is 7.79. The van der Waals surface area contributed by atoms with Crippen LogP contribution in [-0.4, -0.2) is 34.7 Å². The summed E-state index contributed by atoms with van der Waals surface area (Å²) in [5.41, 5.74) is 1.41. The number of carbonyl (C=O) groups excluding carboxylic acids is 2. The van der Waals surface area contributed by atoms with Crippen LogP contribution in [0, 0.1) is 5.92 Å². The van der Waals surface area contributed by atoms with E-state index in [-0.39, 0.29) is 17.7 Å². The molecule has 2 amide bonds. The molecule has 0 unspecified atom stereocenters. The minimum absolute atomic E-state index is 0.0307. The second kappa shape index (κ2) is 8.49. The van der Waals surface area contributed by atoms with Crippen LogP contribution in [0.2, 0.25) is 5.02 Å². The molecule has 0 fully saturated rings. The second-order valence-electron chi connectivity index (χ2n) is 5.72. The van der Waals surface area contributed by atoms with Crippen molar-refractivity contribution >= 4 is 23.4 Å². The molecule has 128 valence electrons. The van der Waals surface area contributed by atoms with Gasteiger partial charge in [0.1, 0.15) is 0 Å². The number of hydrogen-bond acceptors (Lipinski definition) is 3. The summed E-state index contributed by atoms with van der Waals surface area (Å²) in [5, 5.41) is 10.3. The predicted octanol–water partition coefficient (Wildman–Crippen LogP) is 2.09. The highest BCUT2D eigenvalue weighted by Gasteiger charge is 2.10. The first-order chi connectivity index (χ1) is 11.5. The fourth-order valence-corrected chi connectivity index (χ4v) is 2.23. The average Bonchev–Trinajstić information content (AvgIpc) is 3.02. The third-order valence-corrected chi connectivity index (χ3v) is 3.79. The van der Waals surface area contributed by atoms with E-state index in [0.29, 0.717) is 30.2 Å². The Labute approximate surface area is 146 Å². The maximum Gasteiger partial charge on any atom is 0.254 e. The molecule has 0 aliphatic heterocycles. The third-order valence-electron chi connectivity index (χ3n) is 3.42. The van der Waals surface area contributed by atoms with E-state index in [2.05, 4.69) is 15.7 Å². The first-order valence-corrected chi connectivity index (χ1v) is 8.17. The third kappa shape index (κ3) is 5.09. The van der Waals surface area contributed by atoms with Gasteiger partial charge in [0, 0.05) is 30.2 Å². The number of halogens is 1. The van der Waals surface area contributed by atoms with Crippen molar-refractivity contribution in [3.05, 3.63) is 52.8 Å². The second-order valence-corrected chi connectivity index (χ2v) is 6.13. The van der Waals surface area contributed by atoms with Crippen LogP contribution < -0.4 is 10.6 Å². The van der Waals surface area contributed by atoms with Gasteiger partial charge in [-0.15, -0.1) is 0 Å². The molecule has 0 spiro atoms. The Morgan fingerprint density at radius 1 is 1.21 bits per heavy atom. The Hall–Kier alpha value is -2.34. The molecule has 1 aromatic carbocycles. The summed E-state index contributed by atoms with van der Waals surface area (Å²) in [4.78, 5) is 23.5. The molecular weight excluding hydrogens is 328 g/mol. The molecule has 7 heteroatoms. The van der Waals surface area contributed by atoms with Gasteiger partial charge in [-0.3, -0.25) is 14.3 Å². The lowest BCUT2D eigenvalue weighted by Crippen LogP contribution is -2.36. The van der Waals surface area contributed by atoms with Crippen molar-refractivity contribution in [2.24, 2.45) is 5.92 Å². The molecule has 2 rings (SSSR count). The lowest BCUT2D eigenvalue weighted by atomic mass is 10.2. The molecule has 0 bridgehead atoms. The van der Waals surface area contributed by atoms with E-state index in [4.69, 9.17) is 11.6 Å². The zero-order valence-electron chi connectivity index (χ0n) is 13.8. The van der Waals surface area contributed by atoms with E-state index in [1.54, 1.807) is 10.9 Å². The predicted molar refractivity (Wildman–Crippen MR) is 93.0 cm³/mol. The zero-order chi connectivity index (χ0) is 17.5. The van der Waals surface area contributed by atoms with Gasteiger partial charge in [0.25, 0.3) is 5.91 Å². The molecule has 2 aromatic rings. The lowest BCUT2D eigenvalue weighted by Gasteiger charge is -2.08. The molecular formula is C17H21ClN4O2. The Balaban J connectivity index is 1.83. The van der Waals surface area contributed by atoms with Crippen molar-refractivity contribution in [2.75, 3.05) is 13.1 Å². The summed E-state index contributed by atoms with van der Waals surface area (Å²) >= 11 is 6.12. The van der Waals surface area contributed by atoms with Crippen LogP contribution in [0.5, 0.6) is 0 Å². The summed E-state index contributed by atoms with van der Waals surface area (Å²) in [5.74, 6) is -0.320. The van der Waals surface area contributed by atoms with Crippen LogP contribution in [0.25, 0.3) is 0 Å². The molecule has 0 saturated heterocycles. The number of nitrogens with one attached hydrogen (secondary N) is 2. The van der Waals surface area contributed by atoms with Crippen molar-refractivity contribution in [3.63, 3.8) is 0 Å². The van der Waals surface area contributed by atoms with Crippen LogP contribution in [0.1, 0.15) is 29.8 Å². The van der Waals surface area contributed by atoms with Gasteiger partial charge in [-0.1, -0.05) is 43.6 Å². The summed E-state index contributed by atoms with van der Waals surface area (Å²) in [6.07, 6.45) is 3.18. The van der Waals surface area contributed by atoms with Gasteiger partial charge in [-0.25, -0.2) is 0 Å². The number of nitrogens with zero attached hydrogens (tertiary/aromatic N) is 2. The SMILES string of the molecule is CC(C)C(=O)NCCNC(=O)c1cnn(Cc2ccccc2Cl)c1. The number of carbonyl (C=O) groups is 2. The van der Waals surface area contributed by atoms with E-state index in [9.17, 15) is 9.59 Å². The van der Waals surface area contributed by atoms with Gasteiger partial charge >= 0.3 is 0 Å². The summed E-state index contributed by atoms with van der Waals surface area (Å²) < 4.78 is 1.66. The molecule has 0 aliphatic carbocycles. The van der Waals surface area contributed by atoms with E-state index in [1.165, 1.54) is 6.20 Å². The molecule has 1 heterocycles. The summed E-state index contributed by atoms with van der Waals surface area (Å²) in [7, 11) is 0. The van der Waals surface area contributed by atoms with Crippen LogP contribution >= 0.6 is 11.6 Å². The molecule has 24 heavy (non-hydrogen) atoms. The quantitative estimate of drug-likeness (QED) is 0.752. The van der Waals surface area contributed by atoms with Gasteiger partial charge in [0.15, 0.2) is 0 Å². The number of amides is 2. The largest absolute Gasteiger partial charge is 0.354 e. The molecule has 0 aliphatic rings. The van der Waals surface area contributed by atoms with Crippen molar-refractivity contribution in [3.8, 4) is 0 Å². The van der Waals surface area contributed by atoms with Gasteiger partial charge in [-0.05, 0) is 11.6 Å². The van der Waals surface area contributed by atoms with Crippen LogP contribution in [0.15, 0.2) is 36.7 Å². The number of aromatic nitrogens is 2. The van der Waals surface area contributed by atoms with Crippen molar-refractivity contribution in [1.29, 1.82) is 0 Å². The molecule has 2 N–H and O–H groups in total. The number of benzene rings is 1. The Morgan fingerprint density at radius 2 is 1.92 bits per heavy atom. The zero-order valence-corrected chi connectivity index (χ0v) is 14.5. The average molecular weight is 349 g/mol. The Kier molecular flexibility index (Phi) is 6.37. The smallest absolute Gasteiger partial charge is 0.254 e. The molecule has 1 aromatic heterocycles. The van der Waals surface area contributed by atoms with E-state index >= 15 is 0 Å². The van der Waals surface area contributed by atoms with Crippen molar-refractivity contribution in [1.82, 2.24) is 20.4 Å². The van der Waals surface area contributed by atoms with Crippen molar-refractivity contribution < 1.29 is 9.59 Å². The Morgan fingerprint density at radius 3 is 2.62 bits per heavy atom. The van der Waals surface area contributed by atoms with E-state index in [0.717, 1.165) is 5.56 Å². The molecule has 6 nitrogen and oxygen atoms in total. The summed E-state index contributed by atoms with van der Waals surface area (Å²) in [6, 6.07) is 7.51. The molecule has 0 saturated carbocycles.